The van der Waals surface area contributed by atoms with Crippen molar-refractivity contribution in [1.82, 2.24) is 9.55 Å². The first-order valence-corrected chi connectivity index (χ1v) is 6.77. The van der Waals surface area contributed by atoms with E-state index >= 15 is 0 Å². The molecule has 0 spiro atoms. The molecule has 120 valence electrons. The number of aliphatic hydroxyl groups excluding tert-OH is 2. The Hall–Kier alpha value is -1.66. The van der Waals surface area contributed by atoms with Gasteiger partial charge in [-0.3, -0.25) is 14.3 Å². The third kappa shape index (κ3) is 2.80. The number of rotatable bonds is 2. The predicted octanol–water partition coefficient (Wildman–Crippen LogP) is -0.874. The van der Waals surface area contributed by atoms with Gasteiger partial charge in [0.1, 0.15) is 18.9 Å². The predicted molar refractivity (Wildman–Crippen MR) is 75.3 cm³/mol. The molecule has 5 atom stereocenters. The van der Waals surface area contributed by atoms with E-state index in [0.29, 0.717) is 0 Å². The molecule has 0 saturated carbocycles. The molecule has 1 fully saturated rings. The van der Waals surface area contributed by atoms with E-state index in [1.165, 1.54) is 6.92 Å². The van der Waals surface area contributed by atoms with E-state index in [0.717, 1.165) is 16.8 Å². The van der Waals surface area contributed by atoms with Gasteiger partial charge < -0.3 is 14.9 Å². The van der Waals surface area contributed by atoms with Gasteiger partial charge in [0.15, 0.2) is 11.1 Å². The Morgan fingerprint density at radius 3 is 2.86 bits per heavy atom. The second-order valence-corrected chi connectivity index (χ2v) is 5.48. The molecule has 2 heterocycles. The average Bonchev–Trinajstić information content (AvgIpc) is 2.70. The van der Waals surface area contributed by atoms with Gasteiger partial charge >= 0.3 is 5.69 Å². The molecule has 0 bridgehead atoms. The SMILES string of the molecule is C[C@@H](O)[C@H]1O[C@@H](n2ccc(=O)[nH]c2=O)[C@@](Cl)(C#CCF)C1O. The fourth-order valence-electron chi connectivity index (χ4n) is 2.27. The minimum absolute atomic E-state index is 0.623. The van der Waals surface area contributed by atoms with Crippen LogP contribution in [0.25, 0.3) is 0 Å². The standard InChI is InChI=1S/C13H14ClFN2O5/c1-7(18)9-10(20)13(14,4-2-5-15)11(22-9)17-6-3-8(19)16-12(17)21/h3,6-7,9-11,18,20H,5H2,1H3,(H,16,19,21)/t7-,9-,10?,11-,13-/m1/s1. The Morgan fingerprint density at radius 2 is 2.32 bits per heavy atom. The van der Waals surface area contributed by atoms with E-state index in [1.54, 1.807) is 0 Å². The normalized spacial score (nSPS) is 32.3. The fraction of sp³-hybridized carbons (Fsp3) is 0.538. The lowest BCUT2D eigenvalue weighted by Gasteiger charge is -2.25. The molecule has 0 aliphatic carbocycles. The van der Waals surface area contributed by atoms with Gasteiger partial charge in [0.25, 0.3) is 5.56 Å². The largest absolute Gasteiger partial charge is 0.391 e. The zero-order chi connectivity index (χ0) is 16.5. The molecule has 7 nitrogen and oxygen atoms in total. The number of alkyl halides is 2. The van der Waals surface area contributed by atoms with Crippen molar-refractivity contribution in [3.8, 4) is 11.8 Å². The monoisotopic (exact) mass is 332 g/mol. The van der Waals surface area contributed by atoms with E-state index in [9.17, 15) is 24.2 Å². The summed E-state index contributed by atoms with van der Waals surface area (Å²) in [7, 11) is 0. The molecule has 3 N–H and O–H groups in total. The topological polar surface area (TPSA) is 105 Å². The van der Waals surface area contributed by atoms with Crippen LogP contribution in [0.4, 0.5) is 4.39 Å². The van der Waals surface area contributed by atoms with Gasteiger partial charge in [0.2, 0.25) is 0 Å². The second kappa shape index (κ2) is 6.22. The van der Waals surface area contributed by atoms with Gasteiger partial charge in [-0.15, -0.1) is 0 Å². The highest BCUT2D eigenvalue weighted by Gasteiger charge is 2.57. The quantitative estimate of drug-likeness (QED) is 0.482. The van der Waals surface area contributed by atoms with E-state index < -0.39 is 47.3 Å². The molecule has 9 heteroatoms. The first-order valence-electron chi connectivity index (χ1n) is 6.39. The molecule has 22 heavy (non-hydrogen) atoms. The van der Waals surface area contributed by atoms with Crippen molar-refractivity contribution in [3.05, 3.63) is 33.1 Å². The van der Waals surface area contributed by atoms with Crippen LogP contribution in [0.3, 0.4) is 0 Å². The maximum atomic E-state index is 12.3. The Morgan fingerprint density at radius 1 is 1.64 bits per heavy atom. The van der Waals surface area contributed by atoms with E-state index in [-0.39, 0.29) is 0 Å². The van der Waals surface area contributed by atoms with Crippen molar-refractivity contribution >= 4 is 11.6 Å². The van der Waals surface area contributed by atoms with Crippen LogP contribution in [-0.4, -0.2) is 49.6 Å². The molecular formula is C13H14ClFN2O5. The van der Waals surface area contributed by atoms with Crippen LogP contribution >= 0.6 is 11.6 Å². The van der Waals surface area contributed by atoms with Crippen molar-refractivity contribution < 1.29 is 19.3 Å². The summed E-state index contributed by atoms with van der Waals surface area (Å²) in [5, 5.41) is 19.9. The maximum Gasteiger partial charge on any atom is 0.330 e. The number of aromatic amines is 1. The first-order chi connectivity index (χ1) is 10.3. The minimum atomic E-state index is -1.85. The zero-order valence-corrected chi connectivity index (χ0v) is 12.2. The number of hydrogen-bond donors (Lipinski definition) is 3. The van der Waals surface area contributed by atoms with Crippen molar-refractivity contribution in [3.63, 3.8) is 0 Å². The summed E-state index contributed by atoms with van der Waals surface area (Å²) in [6.45, 7) is 0.361. The molecule has 1 aliphatic rings. The second-order valence-electron chi connectivity index (χ2n) is 4.86. The Balaban J connectivity index is 2.55. The maximum absolute atomic E-state index is 12.3. The van der Waals surface area contributed by atoms with Crippen LogP contribution in [0.2, 0.25) is 0 Å². The van der Waals surface area contributed by atoms with Crippen molar-refractivity contribution in [2.24, 2.45) is 0 Å². The van der Waals surface area contributed by atoms with Crippen LogP contribution in [0.1, 0.15) is 13.2 Å². The Bertz CT molecular complexity index is 721. The van der Waals surface area contributed by atoms with Gasteiger partial charge in [-0.25, -0.2) is 9.18 Å². The molecule has 0 amide bonds. The molecule has 0 aromatic carbocycles. The highest BCUT2D eigenvalue weighted by molar-refractivity contribution is 6.27. The third-order valence-corrected chi connectivity index (χ3v) is 3.82. The lowest BCUT2D eigenvalue weighted by molar-refractivity contribution is -0.0773. The van der Waals surface area contributed by atoms with E-state index in [2.05, 4.69) is 11.8 Å². The van der Waals surface area contributed by atoms with Gasteiger partial charge in [0, 0.05) is 12.3 Å². The first kappa shape index (κ1) is 16.7. The summed E-state index contributed by atoms with van der Waals surface area (Å²) in [5.41, 5.74) is -1.45. The van der Waals surface area contributed by atoms with Crippen LogP contribution in [-0.2, 0) is 4.74 Å². The highest BCUT2D eigenvalue weighted by atomic mass is 35.5. The average molecular weight is 333 g/mol. The number of hydrogen-bond acceptors (Lipinski definition) is 5. The molecule has 1 unspecified atom stereocenters. The number of nitrogens with zero attached hydrogens (tertiary/aromatic N) is 1. The van der Waals surface area contributed by atoms with E-state index in [4.69, 9.17) is 16.3 Å². The molecule has 1 saturated heterocycles. The lowest BCUT2D eigenvalue weighted by atomic mass is 9.96. The Kier molecular flexibility index (Phi) is 4.72. The van der Waals surface area contributed by atoms with Gasteiger partial charge in [0.05, 0.1) is 6.10 Å². The molecule has 0 radical (unpaired) electrons. The van der Waals surface area contributed by atoms with Gasteiger partial charge in [-0.2, -0.15) is 0 Å². The summed E-state index contributed by atoms with van der Waals surface area (Å²) in [4.78, 5) is 23.2. The van der Waals surface area contributed by atoms with Gasteiger partial charge in [-0.1, -0.05) is 23.4 Å². The molecule has 1 aromatic rings. The smallest absolute Gasteiger partial charge is 0.330 e. The van der Waals surface area contributed by atoms with Crippen molar-refractivity contribution in [2.75, 3.05) is 6.67 Å². The summed E-state index contributed by atoms with van der Waals surface area (Å²) >= 11 is 6.27. The van der Waals surface area contributed by atoms with Gasteiger partial charge in [-0.05, 0) is 6.92 Å². The number of aromatic nitrogens is 2. The summed E-state index contributed by atoms with van der Waals surface area (Å²) in [6, 6.07) is 1.06. The number of halogens is 2. The number of ether oxygens (including phenoxy) is 1. The number of nitrogens with one attached hydrogen (secondary N) is 1. The summed E-state index contributed by atoms with van der Waals surface area (Å²) < 4.78 is 18.7. The minimum Gasteiger partial charge on any atom is -0.391 e. The zero-order valence-electron chi connectivity index (χ0n) is 11.5. The number of aliphatic hydroxyl groups is 2. The Labute approximate surface area is 129 Å². The fourth-order valence-corrected chi connectivity index (χ4v) is 2.62. The van der Waals surface area contributed by atoms with Crippen LogP contribution < -0.4 is 11.2 Å². The highest BCUT2D eigenvalue weighted by Crippen LogP contribution is 2.43. The molecular weight excluding hydrogens is 319 g/mol. The number of H-pyrrole nitrogens is 1. The van der Waals surface area contributed by atoms with Crippen LogP contribution in [0.15, 0.2) is 21.9 Å². The molecule has 1 aromatic heterocycles. The van der Waals surface area contributed by atoms with Crippen molar-refractivity contribution in [2.45, 2.75) is 36.3 Å². The lowest BCUT2D eigenvalue weighted by Crippen LogP contribution is -2.45. The molecule has 2 rings (SSSR count). The van der Waals surface area contributed by atoms with Crippen LogP contribution in [0.5, 0.6) is 0 Å². The third-order valence-electron chi connectivity index (χ3n) is 3.31. The summed E-state index contributed by atoms with van der Waals surface area (Å²) in [6.07, 6.45) is -3.90. The van der Waals surface area contributed by atoms with Crippen LogP contribution in [0, 0.1) is 11.8 Å². The van der Waals surface area contributed by atoms with Crippen molar-refractivity contribution in [1.29, 1.82) is 0 Å². The molecule has 1 aliphatic heterocycles. The summed E-state index contributed by atoms with van der Waals surface area (Å²) in [5.74, 6) is 4.43. The van der Waals surface area contributed by atoms with E-state index in [1.807, 2.05) is 4.98 Å².